The molecule has 0 spiro atoms. The van der Waals surface area contributed by atoms with Gasteiger partial charge in [-0.1, -0.05) is 43.6 Å². The molecule has 0 aliphatic heterocycles. The average molecular weight is 420 g/mol. The van der Waals surface area contributed by atoms with Crippen LogP contribution in [0.1, 0.15) is 24.2 Å². The first-order valence-electron chi connectivity index (χ1n) is 8.72. The van der Waals surface area contributed by atoms with Crippen LogP contribution in [-0.2, 0) is 4.84 Å². The molecule has 2 aromatic rings. The second-order valence-corrected chi connectivity index (χ2v) is 5.50. The van der Waals surface area contributed by atoms with Gasteiger partial charge in [0.25, 0.3) is 0 Å². The van der Waals surface area contributed by atoms with Crippen LogP contribution in [0.15, 0.2) is 63.5 Å². The van der Waals surface area contributed by atoms with Gasteiger partial charge < -0.3 is 10.6 Å². The van der Waals surface area contributed by atoms with Crippen molar-refractivity contribution in [1.29, 1.82) is 0 Å². The van der Waals surface area contributed by atoms with E-state index in [0.29, 0.717) is 11.3 Å². The van der Waals surface area contributed by atoms with Crippen LogP contribution in [0.3, 0.4) is 0 Å². The molecule has 0 saturated heterocycles. The Bertz CT molecular complexity index is 914. The predicted molar refractivity (Wildman–Crippen MR) is 116 cm³/mol. The highest BCUT2D eigenvalue weighted by Crippen LogP contribution is 2.21. The molecule has 0 bridgehead atoms. The van der Waals surface area contributed by atoms with Gasteiger partial charge in [-0.25, -0.2) is 14.2 Å². The van der Waals surface area contributed by atoms with Crippen molar-refractivity contribution in [2.75, 3.05) is 14.1 Å². The molecule has 0 saturated carbocycles. The van der Waals surface area contributed by atoms with Crippen molar-refractivity contribution in [3.8, 4) is 0 Å². The standard InChI is InChI=1S/C18H17ClFN5O2.C2H6/c1-22-15(16(21)23-2)17(24-12-8-9-14(20)13(19)10-12)25-27-18(26)11-6-4-3-5-7-11;1-2/h3-10H,1-2H3,(H2,21,23)(H,24,25);1-2H3. The first kappa shape index (κ1) is 23.8. The topological polar surface area (TPSA) is 101 Å². The number of hydroxylamine groups is 1. The maximum absolute atomic E-state index is 13.4. The molecule has 9 heteroatoms. The molecule has 29 heavy (non-hydrogen) atoms. The number of amidine groups is 2. The molecule has 154 valence electrons. The van der Waals surface area contributed by atoms with Crippen LogP contribution < -0.4 is 11.2 Å². The van der Waals surface area contributed by atoms with E-state index < -0.39 is 11.8 Å². The minimum absolute atomic E-state index is 0.00700. The van der Waals surface area contributed by atoms with Gasteiger partial charge in [0.2, 0.25) is 0 Å². The Morgan fingerprint density at radius 3 is 2.31 bits per heavy atom. The molecular weight excluding hydrogens is 397 g/mol. The summed E-state index contributed by atoms with van der Waals surface area (Å²) in [7, 11) is 2.95. The zero-order valence-corrected chi connectivity index (χ0v) is 17.4. The van der Waals surface area contributed by atoms with Gasteiger partial charge in [0, 0.05) is 14.1 Å². The van der Waals surface area contributed by atoms with Crippen LogP contribution in [0.25, 0.3) is 0 Å². The molecule has 0 aromatic heterocycles. The van der Waals surface area contributed by atoms with Gasteiger partial charge in [0.1, 0.15) is 17.4 Å². The van der Waals surface area contributed by atoms with Crippen molar-refractivity contribution in [1.82, 2.24) is 5.48 Å². The van der Waals surface area contributed by atoms with Crippen LogP contribution in [0.5, 0.6) is 0 Å². The first-order valence-corrected chi connectivity index (χ1v) is 9.09. The van der Waals surface area contributed by atoms with Gasteiger partial charge in [-0.05, 0) is 30.3 Å². The molecule has 0 unspecified atom stereocenters. The monoisotopic (exact) mass is 419 g/mol. The number of nitrogens with two attached hydrogens (primary N) is 1. The molecule has 0 fully saturated rings. The number of benzene rings is 2. The van der Waals surface area contributed by atoms with Crippen LogP contribution in [0.2, 0.25) is 5.02 Å². The lowest BCUT2D eigenvalue weighted by molar-refractivity contribution is 0.0390. The SMILES string of the molecule is CC.CN=C(N)C(=NC)C(=Nc1ccc(F)c(Cl)c1)NOC(=O)c1ccccc1. The predicted octanol–water partition coefficient (Wildman–Crippen LogP) is 3.95. The second-order valence-electron chi connectivity index (χ2n) is 5.10. The maximum atomic E-state index is 13.4. The number of aliphatic imine (C=N–C) groups is 3. The number of hydrogen-bond acceptors (Lipinski definition) is 5. The van der Waals surface area contributed by atoms with E-state index in [0.717, 1.165) is 6.07 Å². The Labute approximate surface area is 174 Å². The van der Waals surface area contributed by atoms with E-state index in [9.17, 15) is 9.18 Å². The molecule has 0 aliphatic carbocycles. The van der Waals surface area contributed by atoms with Gasteiger partial charge in [-0.2, -0.15) is 5.48 Å². The van der Waals surface area contributed by atoms with E-state index >= 15 is 0 Å². The average Bonchev–Trinajstić information content (AvgIpc) is 2.76. The van der Waals surface area contributed by atoms with Gasteiger partial charge >= 0.3 is 5.97 Å². The summed E-state index contributed by atoms with van der Waals surface area (Å²) in [6.07, 6.45) is 0. The first-order chi connectivity index (χ1) is 14.0. The highest BCUT2D eigenvalue weighted by molar-refractivity contribution is 6.67. The third kappa shape index (κ3) is 7.00. The van der Waals surface area contributed by atoms with E-state index in [2.05, 4.69) is 20.5 Å². The summed E-state index contributed by atoms with van der Waals surface area (Å²) in [5.74, 6) is -1.15. The molecular formula is C20H23ClFN5O2. The number of carbonyl (C=O) groups is 1. The van der Waals surface area contributed by atoms with Crippen molar-refractivity contribution in [2.24, 2.45) is 20.7 Å². The van der Waals surface area contributed by atoms with Gasteiger partial charge in [-0.15, -0.1) is 0 Å². The molecule has 0 amide bonds. The molecule has 7 nitrogen and oxygen atoms in total. The van der Waals surface area contributed by atoms with E-state index in [1.807, 2.05) is 13.8 Å². The zero-order chi connectivity index (χ0) is 21.8. The molecule has 2 aromatic carbocycles. The number of hydrogen-bond donors (Lipinski definition) is 2. The van der Waals surface area contributed by atoms with Gasteiger partial charge in [0.15, 0.2) is 5.84 Å². The fourth-order valence-corrected chi connectivity index (χ4v) is 2.16. The minimum Gasteiger partial charge on any atom is -0.382 e. The molecule has 3 N–H and O–H groups in total. The zero-order valence-electron chi connectivity index (χ0n) is 16.6. The number of nitrogens with one attached hydrogen (secondary N) is 1. The number of halogens is 2. The number of rotatable bonds is 4. The van der Waals surface area contributed by atoms with E-state index in [-0.39, 0.29) is 22.4 Å². The number of carbonyl (C=O) groups excluding carboxylic acids is 1. The fourth-order valence-electron chi connectivity index (χ4n) is 1.98. The van der Waals surface area contributed by atoms with Crippen LogP contribution in [0.4, 0.5) is 10.1 Å². The minimum atomic E-state index is -0.636. The molecule has 0 aliphatic rings. The maximum Gasteiger partial charge on any atom is 0.362 e. The summed E-state index contributed by atoms with van der Waals surface area (Å²) in [6, 6.07) is 12.2. The lowest BCUT2D eigenvalue weighted by Gasteiger charge is -2.12. The summed E-state index contributed by atoms with van der Waals surface area (Å²) in [6.45, 7) is 4.00. The largest absolute Gasteiger partial charge is 0.382 e. The van der Waals surface area contributed by atoms with Gasteiger partial charge in [-0.3, -0.25) is 9.98 Å². The summed E-state index contributed by atoms with van der Waals surface area (Å²) >= 11 is 5.78. The Balaban J connectivity index is 0.00000204. The fraction of sp³-hybridized carbons (Fsp3) is 0.200. The summed E-state index contributed by atoms with van der Waals surface area (Å²) in [5, 5.41) is -0.107. The Morgan fingerprint density at radius 1 is 1.10 bits per heavy atom. The van der Waals surface area contributed by atoms with Crippen molar-refractivity contribution in [2.45, 2.75) is 13.8 Å². The Hall–Kier alpha value is -3.26. The van der Waals surface area contributed by atoms with E-state index in [1.165, 1.54) is 26.2 Å². The Kier molecular flexibility index (Phi) is 10.0. The lowest BCUT2D eigenvalue weighted by Crippen LogP contribution is -2.40. The third-order valence-corrected chi connectivity index (χ3v) is 3.62. The summed E-state index contributed by atoms with van der Waals surface area (Å²) in [5.41, 5.74) is 9.05. The Morgan fingerprint density at radius 2 is 1.76 bits per heavy atom. The van der Waals surface area contributed by atoms with Crippen molar-refractivity contribution < 1.29 is 14.0 Å². The third-order valence-electron chi connectivity index (χ3n) is 3.33. The van der Waals surface area contributed by atoms with Gasteiger partial charge in [0.05, 0.1) is 16.3 Å². The highest BCUT2D eigenvalue weighted by atomic mass is 35.5. The van der Waals surface area contributed by atoms with Crippen LogP contribution >= 0.6 is 11.6 Å². The molecule has 2 rings (SSSR count). The summed E-state index contributed by atoms with van der Waals surface area (Å²) < 4.78 is 13.4. The van der Waals surface area contributed by atoms with Crippen molar-refractivity contribution >= 4 is 40.6 Å². The molecule has 0 radical (unpaired) electrons. The van der Waals surface area contributed by atoms with E-state index in [4.69, 9.17) is 22.2 Å². The normalized spacial score (nSPS) is 12.0. The van der Waals surface area contributed by atoms with E-state index in [1.54, 1.807) is 30.3 Å². The smallest absolute Gasteiger partial charge is 0.362 e. The van der Waals surface area contributed by atoms with Crippen molar-refractivity contribution in [3.63, 3.8) is 0 Å². The lowest BCUT2D eigenvalue weighted by atomic mass is 10.2. The summed E-state index contributed by atoms with van der Waals surface area (Å²) in [4.78, 5) is 29.3. The quantitative estimate of drug-likeness (QED) is 0.445. The molecule has 0 heterocycles. The van der Waals surface area contributed by atoms with Crippen molar-refractivity contribution in [3.05, 3.63) is 64.9 Å². The van der Waals surface area contributed by atoms with Crippen LogP contribution in [-0.4, -0.2) is 37.4 Å². The van der Waals surface area contributed by atoms with Crippen LogP contribution in [0, 0.1) is 5.82 Å². The highest BCUT2D eigenvalue weighted by Gasteiger charge is 2.16. The number of nitrogens with zero attached hydrogens (tertiary/aromatic N) is 3. The molecule has 0 atom stereocenters. The second kappa shape index (κ2) is 12.2.